The molecule has 1 N–H and O–H groups in total. The van der Waals surface area contributed by atoms with Gasteiger partial charge in [0.1, 0.15) is 11.9 Å². The number of benzene rings is 2. The third-order valence-corrected chi connectivity index (χ3v) is 4.92. The van der Waals surface area contributed by atoms with Crippen LogP contribution in [0.25, 0.3) is 0 Å². The molecule has 0 fully saturated rings. The van der Waals surface area contributed by atoms with Gasteiger partial charge in [0.25, 0.3) is 0 Å². The summed E-state index contributed by atoms with van der Waals surface area (Å²) in [4.78, 5) is 12.5. The van der Waals surface area contributed by atoms with Crippen LogP contribution in [0.15, 0.2) is 48.5 Å². The Bertz CT molecular complexity index is 920. The number of hydrogen-bond acceptors (Lipinski definition) is 4. The maximum atomic E-state index is 13.1. The van der Waals surface area contributed by atoms with E-state index in [0.717, 1.165) is 28.3 Å². The number of hydrogen-bond donors (Lipinski definition) is 1. The molecule has 1 atom stereocenters. The highest BCUT2D eigenvalue weighted by Gasteiger charge is 2.29. The molecule has 1 amide bonds. The van der Waals surface area contributed by atoms with Gasteiger partial charge in [0.15, 0.2) is 0 Å². The number of nitrogens with one attached hydrogen (secondary N) is 1. The van der Waals surface area contributed by atoms with Crippen molar-refractivity contribution in [2.75, 3.05) is 15.9 Å². The molecule has 2 aromatic carbocycles. The molecule has 8 heteroatoms. The predicted molar refractivity (Wildman–Crippen MR) is 97.6 cm³/mol. The number of carbonyl (C=O) groups is 1. The molecule has 0 saturated carbocycles. The Labute approximate surface area is 151 Å². The molecule has 0 bridgehead atoms. The smallest absolute Gasteiger partial charge is 0.247 e. The van der Waals surface area contributed by atoms with Crippen LogP contribution in [0.2, 0.25) is 0 Å². The number of amides is 1. The second kappa shape index (κ2) is 7.97. The molecule has 0 radical (unpaired) electrons. The highest BCUT2D eigenvalue weighted by molar-refractivity contribution is 7.92. The summed E-state index contributed by atoms with van der Waals surface area (Å²) in [6.45, 7) is 1.45. The van der Waals surface area contributed by atoms with Crippen LogP contribution >= 0.6 is 0 Å². The van der Waals surface area contributed by atoms with E-state index >= 15 is 0 Å². The molecule has 6 nitrogen and oxygen atoms in total. The van der Waals surface area contributed by atoms with Crippen molar-refractivity contribution in [1.82, 2.24) is 0 Å². The van der Waals surface area contributed by atoms with Crippen LogP contribution in [0, 0.1) is 17.1 Å². The maximum Gasteiger partial charge on any atom is 0.247 e. The first-order valence-electron chi connectivity index (χ1n) is 7.74. The van der Waals surface area contributed by atoms with Crippen LogP contribution in [0.3, 0.4) is 0 Å². The SMILES string of the molecule is C[C@H](C(=O)Nc1ccc(CC#N)cc1)N(c1ccc(F)cc1)S(C)(=O)=O. The lowest BCUT2D eigenvalue weighted by Crippen LogP contribution is -2.45. The van der Waals surface area contributed by atoms with E-state index in [1.807, 2.05) is 6.07 Å². The van der Waals surface area contributed by atoms with Crippen molar-refractivity contribution in [1.29, 1.82) is 5.26 Å². The Hall–Kier alpha value is -2.92. The Balaban J connectivity index is 2.22. The highest BCUT2D eigenvalue weighted by Crippen LogP contribution is 2.22. The molecule has 2 rings (SSSR count). The molecular formula is C18H18FN3O3S. The van der Waals surface area contributed by atoms with E-state index in [2.05, 4.69) is 5.32 Å². The third kappa shape index (κ3) is 4.80. The normalized spacial score (nSPS) is 12.1. The van der Waals surface area contributed by atoms with Crippen LogP contribution in [0.4, 0.5) is 15.8 Å². The summed E-state index contributed by atoms with van der Waals surface area (Å²) in [5.41, 5.74) is 1.49. The molecular weight excluding hydrogens is 357 g/mol. The zero-order chi connectivity index (χ0) is 19.3. The molecule has 0 saturated heterocycles. The van der Waals surface area contributed by atoms with Crippen LogP contribution in [-0.2, 0) is 21.2 Å². The Morgan fingerprint density at radius 3 is 2.27 bits per heavy atom. The van der Waals surface area contributed by atoms with Gasteiger partial charge in [-0.1, -0.05) is 12.1 Å². The topological polar surface area (TPSA) is 90.3 Å². The van der Waals surface area contributed by atoms with E-state index < -0.39 is 27.8 Å². The van der Waals surface area contributed by atoms with Gasteiger partial charge in [0.2, 0.25) is 15.9 Å². The first kappa shape index (κ1) is 19.4. The zero-order valence-electron chi connectivity index (χ0n) is 14.3. The average Bonchev–Trinajstić information content (AvgIpc) is 2.57. The van der Waals surface area contributed by atoms with Gasteiger partial charge in [-0.05, 0) is 48.9 Å². The summed E-state index contributed by atoms with van der Waals surface area (Å²) in [7, 11) is -3.77. The van der Waals surface area contributed by atoms with Gasteiger partial charge in [-0.25, -0.2) is 12.8 Å². The molecule has 136 valence electrons. The number of nitrogens with zero attached hydrogens (tertiary/aromatic N) is 2. The van der Waals surface area contributed by atoms with E-state index in [1.54, 1.807) is 24.3 Å². The molecule has 0 aliphatic heterocycles. The van der Waals surface area contributed by atoms with Crippen molar-refractivity contribution in [2.45, 2.75) is 19.4 Å². The Morgan fingerprint density at radius 1 is 1.19 bits per heavy atom. The summed E-state index contributed by atoms with van der Waals surface area (Å²) < 4.78 is 38.4. The van der Waals surface area contributed by atoms with Gasteiger partial charge in [-0.3, -0.25) is 9.10 Å². The molecule has 0 unspecified atom stereocenters. The summed E-state index contributed by atoms with van der Waals surface area (Å²) in [5, 5.41) is 11.3. The highest BCUT2D eigenvalue weighted by atomic mass is 32.2. The zero-order valence-corrected chi connectivity index (χ0v) is 15.1. The van der Waals surface area contributed by atoms with Gasteiger partial charge in [0, 0.05) is 5.69 Å². The minimum Gasteiger partial charge on any atom is -0.324 e. The average molecular weight is 375 g/mol. The monoisotopic (exact) mass is 375 g/mol. The van der Waals surface area contributed by atoms with Crippen LogP contribution in [-0.4, -0.2) is 26.6 Å². The van der Waals surface area contributed by atoms with Crippen molar-refractivity contribution >= 4 is 27.3 Å². The van der Waals surface area contributed by atoms with Crippen molar-refractivity contribution in [3.63, 3.8) is 0 Å². The van der Waals surface area contributed by atoms with E-state index in [-0.39, 0.29) is 12.1 Å². The molecule has 0 heterocycles. The van der Waals surface area contributed by atoms with Crippen LogP contribution < -0.4 is 9.62 Å². The van der Waals surface area contributed by atoms with Crippen molar-refractivity contribution in [3.8, 4) is 6.07 Å². The fraction of sp³-hybridized carbons (Fsp3) is 0.222. The fourth-order valence-electron chi connectivity index (χ4n) is 2.44. The predicted octanol–water partition coefficient (Wildman–Crippen LogP) is 2.68. The molecule has 0 spiro atoms. The number of halogens is 1. The summed E-state index contributed by atoms with van der Waals surface area (Å²) in [5.74, 6) is -1.04. The first-order valence-corrected chi connectivity index (χ1v) is 9.59. The van der Waals surface area contributed by atoms with E-state index in [9.17, 15) is 17.6 Å². The molecule has 2 aromatic rings. The van der Waals surface area contributed by atoms with Gasteiger partial charge in [-0.15, -0.1) is 0 Å². The van der Waals surface area contributed by atoms with Crippen LogP contribution in [0.5, 0.6) is 0 Å². The van der Waals surface area contributed by atoms with E-state index in [1.165, 1.54) is 19.1 Å². The van der Waals surface area contributed by atoms with Gasteiger partial charge in [0.05, 0.1) is 24.4 Å². The maximum absolute atomic E-state index is 13.1. The second-order valence-corrected chi connectivity index (χ2v) is 7.59. The number of carbonyl (C=O) groups excluding carboxylic acids is 1. The number of sulfonamides is 1. The Morgan fingerprint density at radius 2 is 1.77 bits per heavy atom. The van der Waals surface area contributed by atoms with Gasteiger partial charge >= 0.3 is 0 Å². The second-order valence-electron chi connectivity index (χ2n) is 5.73. The lowest BCUT2D eigenvalue weighted by Gasteiger charge is -2.28. The van der Waals surface area contributed by atoms with Crippen LogP contribution in [0.1, 0.15) is 12.5 Å². The van der Waals surface area contributed by atoms with Gasteiger partial charge < -0.3 is 5.32 Å². The number of anilines is 2. The number of rotatable bonds is 6. The summed E-state index contributed by atoms with van der Waals surface area (Å²) in [6, 6.07) is 12.5. The van der Waals surface area contributed by atoms with Crippen molar-refractivity contribution in [2.24, 2.45) is 0 Å². The summed E-state index contributed by atoms with van der Waals surface area (Å²) >= 11 is 0. The molecule has 0 aromatic heterocycles. The third-order valence-electron chi connectivity index (χ3n) is 3.67. The summed E-state index contributed by atoms with van der Waals surface area (Å²) in [6.07, 6.45) is 1.24. The molecule has 26 heavy (non-hydrogen) atoms. The van der Waals surface area contributed by atoms with E-state index in [0.29, 0.717) is 5.69 Å². The first-order chi connectivity index (χ1) is 12.2. The quantitative estimate of drug-likeness (QED) is 0.840. The Kier molecular flexibility index (Phi) is 5.95. The van der Waals surface area contributed by atoms with Crippen molar-refractivity contribution in [3.05, 3.63) is 59.9 Å². The standard InChI is InChI=1S/C18H18FN3O3S/c1-13(18(23)21-16-7-3-14(4-8-16)11-12-20)22(26(2,24)25)17-9-5-15(19)6-10-17/h3-10,13H,11H2,1-2H3,(H,21,23)/t13-/m1/s1. The lowest BCUT2D eigenvalue weighted by atomic mass is 10.1. The van der Waals surface area contributed by atoms with Gasteiger partial charge in [-0.2, -0.15) is 5.26 Å². The van der Waals surface area contributed by atoms with Crippen molar-refractivity contribution < 1.29 is 17.6 Å². The molecule has 0 aliphatic carbocycles. The minimum atomic E-state index is -3.77. The fourth-order valence-corrected chi connectivity index (χ4v) is 3.62. The largest absolute Gasteiger partial charge is 0.324 e. The van der Waals surface area contributed by atoms with E-state index in [4.69, 9.17) is 5.26 Å². The molecule has 0 aliphatic rings. The lowest BCUT2D eigenvalue weighted by molar-refractivity contribution is -0.116. The number of nitriles is 1. The minimum absolute atomic E-state index is 0.195.